The molecule has 5 heteroatoms. The SMILES string of the molecule is C=CCN(CC=C)C(=O)C1CCN(C(=O)c2ccc(F)cc2)CC1. The van der Waals surface area contributed by atoms with E-state index in [0.717, 1.165) is 0 Å². The Balaban J connectivity index is 1.93. The van der Waals surface area contributed by atoms with E-state index < -0.39 is 0 Å². The summed E-state index contributed by atoms with van der Waals surface area (Å²) >= 11 is 0. The van der Waals surface area contributed by atoms with Gasteiger partial charge in [-0.2, -0.15) is 0 Å². The van der Waals surface area contributed by atoms with E-state index >= 15 is 0 Å². The molecule has 0 N–H and O–H groups in total. The van der Waals surface area contributed by atoms with Crippen LogP contribution in [0.25, 0.3) is 0 Å². The molecule has 1 saturated heterocycles. The van der Waals surface area contributed by atoms with E-state index in [0.29, 0.717) is 44.6 Å². The maximum Gasteiger partial charge on any atom is 0.253 e. The van der Waals surface area contributed by atoms with Crippen molar-refractivity contribution in [3.05, 3.63) is 61.0 Å². The summed E-state index contributed by atoms with van der Waals surface area (Å²) in [5, 5.41) is 0. The monoisotopic (exact) mass is 330 g/mol. The van der Waals surface area contributed by atoms with Crippen LogP contribution in [-0.4, -0.2) is 47.8 Å². The molecule has 0 spiro atoms. The van der Waals surface area contributed by atoms with Crippen molar-refractivity contribution in [2.45, 2.75) is 12.8 Å². The minimum Gasteiger partial charge on any atom is -0.339 e. The number of hydrogen-bond acceptors (Lipinski definition) is 2. The number of amides is 2. The second kappa shape index (κ2) is 8.43. The number of halogens is 1. The lowest BCUT2D eigenvalue weighted by atomic mass is 9.94. The fourth-order valence-electron chi connectivity index (χ4n) is 2.93. The fourth-order valence-corrected chi connectivity index (χ4v) is 2.93. The summed E-state index contributed by atoms with van der Waals surface area (Å²) in [6.07, 6.45) is 4.68. The van der Waals surface area contributed by atoms with Gasteiger partial charge in [-0.1, -0.05) is 12.2 Å². The Labute approximate surface area is 142 Å². The number of likely N-dealkylation sites (tertiary alicyclic amines) is 1. The highest BCUT2D eigenvalue weighted by molar-refractivity contribution is 5.94. The molecule has 0 saturated carbocycles. The van der Waals surface area contributed by atoms with Gasteiger partial charge < -0.3 is 9.80 Å². The average Bonchev–Trinajstić information content (AvgIpc) is 2.61. The van der Waals surface area contributed by atoms with E-state index in [1.807, 2.05) is 0 Å². The van der Waals surface area contributed by atoms with Crippen molar-refractivity contribution in [3.8, 4) is 0 Å². The van der Waals surface area contributed by atoms with E-state index in [-0.39, 0.29) is 23.5 Å². The smallest absolute Gasteiger partial charge is 0.253 e. The van der Waals surface area contributed by atoms with Gasteiger partial charge in [0.25, 0.3) is 5.91 Å². The molecule has 24 heavy (non-hydrogen) atoms. The van der Waals surface area contributed by atoms with Crippen LogP contribution in [0.2, 0.25) is 0 Å². The summed E-state index contributed by atoms with van der Waals surface area (Å²) in [4.78, 5) is 28.4. The zero-order valence-electron chi connectivity index (χ0n) is 13.8. The zero-order chi connectivity index (χ0) is 17.5. The normalized spacial score (nSPS) is 15.0. The van der Waals surface area contributed by atoms with Gasteiger partial charge in [0.15, 0.2) is 0 Å². The Morgan fingerprint density at radius 3 is 2.17 bits per heavy atom. The van der Waals surface area contributed by atoms with Crippen molar-refractivity contribution in [2.75, 3.05) is 26.2 Å². The van der Waals surface area contributed by atoms with Gasteiger partial charge in [-0.3, -0.25) is 9.59 Å². The third-order valence-corrected chi connectivity index (χ3v) is 4.23. The maximum atomic E-state index is 13.0. The lowest BCUT2D eigenvalue weighted by molar-refractivity contribution is -0.135. The highest BCUT2D eigenvalue weighted by Gasteiger charge is 2.29. The largest absolute Gasteiger partial charge is 0.339 e. The Bertz CT molecular complexity index is 594. The predicted molar refractivity (Wildman–Crippen MR) is 92.0 cm³/mol. The summed E-state index contributed by atoms with van der Waals surface area (Å²) < 4.78 is 13.0. The molecule has 128 valence electrons. The van der Waals surface area contributed by atoms with Crippen molar-refractivity contribution in [1.29, 1.82) is 0 Å². The summed E-state index contributed by atoms with van der Waals surface area (Å²) in [6, 6.07) is 5.55. The third-order valence-electron chi connectivity index (χ3n) is 4.23. The Morgan fingerprint density at radius 2 is 1.67 bits per heavy atom. The van der Waals surface area contributed by atoms with E-state index in [2.05, 4.69) is 13.2 Å². The summed E-state index contributed by atoms with van der Waals surface area (Å²) in [5.74, 6) is -0.471. The lowest BCUT2D eigenvalue weighted by Gasteiger charge is -2.33. The number of carbonyl (C=O) groups is 2. The van der Waals surface area contributed by atoms with Crippen molar-refractivity contribution < 1.29 is 14.0 Å². The topological polar surface area (TPSA) is 40.6 Å². The van der Waals surface area contributed by atoms with Crippen LogP contribution in [0, 0.1) is 11.7 Å². The zero-order valence-corrected chi connectivity index (χ0v) is 13.8. The van der Waals surface area contributed by atoms with Crippen molar-refractivity contribution in [1.82, 2.24) is 9.80 Å². The molecule has 2 rings (SSSR count). The molecular weight excluding hydrogens is 307 g/mol. The molecule has 2 amide bonds. The van der Waals surface area contributed by atoms with E-state index in [9.17, 15) is 14.0 Å². The van der Waals surface area contributed by atoms with Gasteiger partial charge in [-0.25, -0.2) is 4.39 Å². The standard InChI is InChI=1S/C19H23FN2O2/c1-3-11-21(12-4-2)19(24)16-9-13-22(14-10-16)18(23)15-5-7-17(20)8-6-15/h3-8,16H,1-2,9-14H2. The van der Waals surface area contributed by atoms with E-state index in [4.69, 9.17) is 0 Å². The molecule has 1 fully saturated rings. The third kappa shape index (κ3) is 4.31. The lowest BCUT2D eigenvalue weighted by Crippen LogP contribution is -2.44. The Hall–Kier alpha value is -2.43. The van der Waals surface area contributed by atoms with Crippen LogP contribution < -0.4 is 0 Å². The first kappa shape index (κ1) is 17.9. The molecule has 1 heterocycles. The van der Waals surface area contributed by atoms with Crippen LogP contribution in [0.15, 0.2) is 49.6 Å². The van der Waals surface area contributed by atoms with Crippen molar-refractivity contribution >= 4 is 11.8 Å². The minimum atomic E-state index is -0.361. The molecule has 1 aromatic carbocycles. The second-order valence-electron chi connectivity index (χ2n) is 5.89. The summed E-state index contributed by atoms with van der Waals surface area (Å²) in [6.45, 7) is 9.41. The molecule has 0 unspecified atom stereocenters. The van der Waals surface area contributed by atoms with Gasteiger partial charge in [0.1, 0.15) is 5.82 Å². The van der Waals surface area contributed by atoms with Crippen LogP contribution in [0.3, 0.4) is 0 Å². The molecule has 4 nitrogen and oxygen atoms in total. The van der Waals surface area contributed by atoms with Gasteiger partial charge in [0.2, 0.25) is 5.91 Å². The highest BCUT2D eigenvalue weighted by Crippen LogP contribution is 2.21. The number of rotatable bonds is 6. The quantitative estimate of drug-likeness (QED) is 0.753. The first-order chi connectivity index (χ1) is 11.6. The Morgan fingerprint density at radius 1 is 1.12 bits per heavy atom. The van der Waals surface area contributed by atoms with Crippen LogP contribution in [0.4, 0.5) is 4.39 Å². The minimum absolute atomic E-state index is 0.0813. The number of nitrogens with zero attached hydrogens (tertiary/aromatic N) is 2. The molecular formula is C19H23FN2O2. The fraction of sp³-hybridized carbons (Fsp3) is 0.368. The number of benzene rings is 1. The van der Waals surface area contributed by atoms with E-state index in [1.165, 1.54) is 24.3 Å². The summed E-state index contributed by atoms with van der Waals surface area (Å²) in [5.41, 5.74) is 0.473. The molecule has 0 aliphatic carbocycles. The molecule has 1 aliphatic heterocycles. The van der Waals surface area contributed by atoms with E-state index in [1.54, 1.807) is 22.0 Å². The number of hydrogen-bond donors (Lipinski definition) is 0. The first-order valence-electron chi connectivity index (χ1n) is 8.12. The average molecular weight is 330 g/mol. The van der Waals surface area contributed by atoms with Gasteiger partial charge in [-0.15, -0.1) is 13.2 Å². The van der Waals surface area contributed by atoms with Gasteiger partial charge in [0.05, 0.1) is 0 Å². The maximum absolute atomic E-state index is 13.0. The van der Waals surface area contributed by atoms with Gasteiger partial charge in [0, 0.05) is 37.7 Å². The molecule has 1 aliphatic rings. The van der Waals surface area contributed by atoms with Crippen LogP contribution >= 0.6 is 0 Å². The van der Waals surface area contributed by atoms with Gasteiger partial charge in [-0.05, 0) is 37.1 Å². The number of carbonyl (C=O) groups excluding carboxylic acids is 2. The molecule has 0 bridgehead atoms. The first-order valence-corrected chi connectivity index (χ1v) is 8.12. The Kier molecular flexibility index (Phi) is 6.29. The molecule has 1 aromatic rings. The van der Waals surface area contributed by atoms with Crippen LogP contribution in [0.1, 0.15) is 23.2 Å². The molecule has 0 atom stereocenters. The van der Waals surface area contributed by atoms with Crippen LogP contribution in [0.5, 0.6) is 0 Å². The second-order valence-corrected chi connectivity index (χ2v) is 5.89. The van der Waals surface area contributed by atoms with Gasteiger partial charge >= 0.3 is 0 Å². The van der Waals surface area contributed by atoms with Crippen LogP contribution in [-0.2, 0) is 4.79 Å². The predicted octanol–water partition coefficient (Wildman–Crippen LogP) is 2.88. The van der Waals surface area contributed by atoms with Crippen molar-refractivity contribution in [3.63, 3.8) is 0 Å². The highest BCUT2D eigenvalue weighted by atomic mass is 19.1. The molecule has 0 radical (unpaired) electrons. The summed E-state index contributed by atoms with van der Waals surface area (Å²) in [7, 11) is 0. The van der Waals surface area contributed by atoms with Crippen molar-refractivity contribution in [2.24, 2.45) is 5.92 Å². The number of piperidine rings is 1. The molecule has 0 aromatic heterocycles.